The molecule has 0 fully saturated rings. The van der Waals surface area contributed by atoms with Gasteiger partial charge in [0.05, 0.1) is 7.11 Å². The van der Waals surface area contributed by atoms with Gasteiger partial charge in [0.15, 0.2) is 0 Å². The maximum atomic E-state index is 13.0. The van der Waals surface area contributed by atoms with Crippen LogP contribution in [0.1, 0.15) is 24.5 Å². The zero-order valence-corrected chi connectivity index (χ0v) is 19.9. The van der Waals surface area contributed by atoms with Crippen LogP contribution in [0.5, 0.6) is 0 Å². The van der Waals surface area contributed by atoms with Crippen molar-refractivity contribution in [1.82, 2.24) is 16.0 Å². The Labute approximate surface area is 204 Å². The first-order valence-electron chi connectivity index (χ1n) is 11.1. The van der Waals surface area contributed by atoms with E-state index in [4.69, 9.17) is 4.74 Å². The molecule has 2 aromatic rings. The van der Waals surface area contributed by atoms with E-state index >= 15 is 0 Å². The summed E-state index contributed by atoms with van der Waals surface area (Å²) in [6, 6.07) is 15.4. The summed E-state index contributed by atoms with van der Waals surface area (Å²) in [6.07, 6.45) is 1.07. The van der Waals surface area contributed by atoms with Crippen molar-refractivity contribution >= 4 is 23.9 Å². The number of hydrogen-bond donors (Lipinski definition) is 3. The van der Waals surface area contributed by atoms with Gasteiger partial charge in [-0.2, -0.15) is 0 Å². The molecule has 0 saturated heterocycles. The smallest absolute Gasteiger partial charge is 0.408 e. The molecule has 0 aromatic heterocycles. The summed E-state index contributed by atoms with van der Waals surface area (Å²) < 4.78 is 9.93. The Hall–Kier alpha value is -4.14. The van der Waals surface area contributed by atoms with Crippen LogP contribution >= 0.6 is 0 Å². The topological polar surface area (TPSA) is 123 Å². The summed E-state index contributed by atoms with van der Waals surface area (Å²) in [5.41, 5.74) is 1.61. The van der Waals surface area contributed by atoms with E-state index in [1.54, 1.807) is 0 Å². The van der Waals surface area contributed by atoms with Crippen molar-refractivity contribution in [1.29, 1.82) is 0 Å². The number of carbonyl (C=O) groups is 4. The molecule has 0 aliphatic heterocycles. The van der Waals surface area contributed by atoms with Gasteiger partial charge in [0.25, 0.3) is 0 Å². The molecule has 3 N–H and O–H groups in total. The monoisotopic (exact) mass is 481 g/mol. The summed E-state index contributed by atoms with van der Waals surface area (Å²) in [4.78, 5) is 49.8. The maximum absolute atomic E-state index is 13.0. The Balaban J connectivity index is 2.03. The van der Waals surface area contributed by atoms with Gasteiger partial charge in [-0.15, -0.1) is 6.58 Å². The fourth-order valence-corrected chi connectivity index (χ4v) is 3.17. The number of carbonyl (C=O) groups excluding carboxylic acids is 4. The number of rotatable bonds is 12. The fourth-order valence-electron chi connectivity index (χ4n) is 3.17. The molecule has 3 amide bonds. The third-order valence-corrected chi connectivity index (χ3v) is 5.06. The van der Waals surface area contributed by atoms with Crippen LogP contribution in [-0.2, 0) is 36.9 Å². The predicted octanol–water partition coefficient (Wildman–Crippen LogP) is 2.26. The van der Waals surface area contributed by atoms with Crippen molar-refractivity contribution < 1.29 is 28.7 Å². The van der Waals surface area contributed by atoms with E-state index in [0.29, 0.717) is 0 Å². The van der Waals surface area contributed by atoms with Gasteiger partial charge in [0, 0.05) is 6.42 Å². The van der Waals surface area contributed by atoms with Crippen LogP contribution in [0, 0.1) is 0 Å². The van der Waals surface area contributed by atoms with Crippen molar-refractivity contribution in [2.45, 2.75) is 44.5 Å². The van der Waals surface area contributed by atoms with Crippen molar-refractivity contribution in [2.24, 2.45) is 0 Å². The van der Waals surface area contributed by atoms with E-state index in [-0.39, 0.29) is 19.4 Å². The molecule has 2 aromatic carbocycles. The second-order valence-corrected chi connectivity index (χ2v) is 7.79. The summed E-state index contributed by atoms with van der Waals surface area (Å²) in [7, 11) is 1.21. The highest BCUT2D eigenvalue weighted by atomic mass is 16.5. The van der Waals surface area contributed by atoms with Crippen LogP contribution in [0.25, 0.3) is 0 Å². The van der Waals surface area contributed by atoms with Gasteiger partial charge >= 0.3 is 12.1 Å². The van der Waals surface area contributed by atoms with Gasteiger partial charge < -0.3 is 25.4 Å². The van der Waals surface area contributed by atoms with Crippen molar-refractivity contribution in [2.75, 3.05) is 7.11 Å². The molecule has 35 heavy (non-hydrogen) atoms. The summed E-state index contributed by atoms with van der Waals surface area (Å²) in [5.74, 6) is -1.78. The normalized spacial score (nSPS) is 12.9. The number of esters is 1. The lowest BCUT2D eigenvalue weighted by atomic mass is 10.0. The number of alkyl carbamates (subject to hydrolysis) is 1. The SMILES string of the molecule is C=CCC(NC(=O)[C@H](C)NC(=O)[C@H](Cc1ccccc1)NC(=O)OCc1ccccc1)C(=O)OC. The first-order valence-corrected chi connectivity index (χ1v) is 11.1. The molecule has 0 bridgehead atoms. The van der Waals surface area contributed by atoms with Gasteiger partial charge in [-0.1, -0.05) is 66.7 Å². The molecule has 0 spiro atoms. The highest BCUT2D eigenvalue weighted by Crippen LogP contribution is 2.06. The molecule has 0 aliphatic rings. The average molecular weight is 482 g/mol. The van der Waals surface area contributed by atoms with Gasteiger partial charge in [-0.3, -0.25) is 9.59 Å². The second-order valence-electron chi connectivity index (χ2n) is 7.79. The highest BCUT2D eigenvalue weighted by Gasteiger charge is 2.27. The van der Waals surface area contributed by atoms with E-state index in [1.165, 1.54) is 20.1 Å². The highest BCUT2D eigenvalue weighted by molar-refractivity contribution is 5.93. The van der Waals surface area contributed by atoms with Crippen molar-refractivity contribution in [3.8, 4) is 0 Å². The van der Waals surface area contributed by atoms with Gasteiger partial charge in [0.1, 0.15) is 24.7 Å². The largest absolute Gasteiger partial charge is 0.467 e. The van der Waals surface area contributed by atoms with E-state index < -0.39 is 42.0 Å². The zero-order chi connectivity index (χ0) is 25.6. The third kappa shape index (κ3) is 9.32. The molecule has 0 heterocycles. The Bertz CT molecular complexity index is 997. The van der Waals surface area contributed by atoms with E-state index in [9.17, 15) is 19.2 Å². The van der Waals surface area contributed by atoms with E-state index in [1.807, 2.05) is 60.7 Å². The minimum Gasteiger partial charge on any atom is -0.467 e. The average Bonchev–Trinajstić information content (AvgIpc) is 2.87. The Morgan fingerprint density at radius 2 is 1.46 bits per heavy atom. The molecular weight excluding hydrogens is 450 g/mol. The van der Waals surface area contributed by atoms with Crippen LogP contribution in [0.4, 0.5) is 4.79 Å². The first-order chi connectivity index (χ1) is 16.8. The maximum Gasteiger partial charge on any atom is 0.408 e. The molecule has 9 nitrogen and oxygen atoms in total. The lowest BCUT2D eigenvalue weighted by Gasteiger charge is -2.22. The van der Waals surface area contributed by atoms with Gasteiger partial charge in [0.2, 0.25) is 11.8 Å². The third-order valence-electron chi connectivity index (χ3n) is 5.06. The molecule has 0 aliphatic carbocycles. The molecule has 186 valence electrons. The lowest BCUT2D eigenvalue weighted by Crippen LogP contribution is -2.55. The van der Waals surface area contributed by atoms with Gasteiger partial charge in [-0.05, 0) is 24.5 Å². The zero-order valence-electron chi connectivity index (χ0n) is 19.9. The Kier molecular flexibility index (Phi) is 11.0. The molecule has 9 heteroatoms. The number of amides is 3. The number of benzene rings is 2. The number of nitrogens with one attached hydrogen (secondary N) is 3. The molecule has 2 rings (SSSR count). The second kappa shape index (κ2) is 14.2. The molecule has 1 unspecified atom stereocenters. The Morgan fingerprint density at radius 1 is 0.857 bits per heavy atom. The van der Waals surface area contributed by atoms with Gasteiger partial charge in [-0.25, -0.2) is 9.59 Å². The minimum atomic E-state index is -1.000. The van der Waals surface area contributed by atoms with Crippen LogP contribution in [-0.4, -0.2) is 49.1 Å². The summed E-state index contributed by atoms with van der Waals surface area (Å²) in [6.45, 7) is 5.08. The number of ether oxygens (including phenoxy) is 2. The quantitative estimate of drug-likeness (QED) is 0.316. The lowest BCUT2D eigenvalue weighted by molar-refractivity contribution is -0.145. The van der Waals surface area contributed by atoms with Crippen molar-refractivity contribution in [3.63, 3.8) is 0 Å². The number of hydrogen-bond acceptors (Lipinski definition) is 6. The minimum absolute atomic E-state index is 0.0450. The fraction of sp³-hybridized carbons (Fsp3) is 0.308. The molecule has 3 atom stereocenters. The summed E-state index contributed by atoms with van der Waals surface area (Å²) >= 11 is 0. The molecular formula is C26H31N3O6. The summed E-state index contributed by atoms with van der Waals surface area (Å²) in [5, 5.41) is 7.69. The first kappa shape index (κ1) is 27.1. The molecule has 0 radical (unpaired) electrons. The van der Waals surface area contributed by atoms with Crippen LogP contribution in [0.2, 0.25) is 0 Å². The Morgan fingerprint density at radius 3 is 2.03 bits per heavy atom. The van der Waals surface area contributed by atoms with Crippen LogP contribution in [0.15, 0.2) is 73.3 Å². The standard InChI is InChI=1S/C26H31N3O6/c1-4-11-21(25(32)34-3)28-23(30)18(2)27-24(31)22(16-19-12-7-5-8-13-19)29-26(33)35-17-20-14-9-6-10-15-20/h4-10,12-15,18,21-22H,1,11,16-17H2,2-3H3,(H,27,31)(H,28,30)(H,29,33)/t18-,21?,22-/m0/s1. The van der Waals surface area contributed by atoms with Crippen molar-refractivity contribution in [3.05, 3.63) is 84.4 Å². The molecule has 0 saturated carbocycles. The predicted molar refractivity (Wildman–Crippen MR) is 130 cm³/mol. The van der Waals surface area contributed by atoms with Crippen LogP contribution < -0.4 is 16.0 Å². The van der Waals surface area contributed by atoms with E-state index in [0.717, 1.165) is 11.1 Å². The number of methoxy groups -OCH3 is 1. The van der Waals surface area contributed by atoms with Crippen LogP contribution in [0.3, 0.4) is 0 Å². The van der Waals surface area contributed by atoms with E-state index in [2.05, 4.69) is 27.3 Å².